The Labute approximate surface area is 142 Å². The first-order chi connectivity index (χ1) is 9.88. The van der Waals surface area contributed by atoms with Crippen LogP contribution in [0.3, 0.4) is 0 Å². The average molecular weight is 477 g/mol. The summed E-state index contributed by atoms with van der Waals surface area (Å²) < 4.78 is 1.84. The maximum absolute atomic E-state index is 11.2. The summed E-state index contributed by atoms with van der Waals surface area (Å²) in [7, 11) is 1.82. The number of halogens is 1. The molecule has 1 radical (unpaired) electrons. The normalized spacial score (nSPS) is 10.9. The Bertz CT molecular complexity index is 664. The van der Waals surface area contributed by atoms with Gasteiger partial charge in [0.05, 0.1) is 0 Å². The topological polar surface area (TPSA) is 72.2 Å². The van der Waals surface area contributed by atoms with Crippen LogP contribution in [0.4, 0.5) is 11.5 Å². The number of aromatic nitrogens is 2. The van der Waals surface area contributed by atoms with Crippen molar-refractivity contribution in [1.29, 1.82) is 0 Å². The molecule has 0 saturated heterocycles. The van der Waals surface area contributed by atoms with Gasteiger partial charge < -0.3 is 0 Å². The molecule has 0 aliphatic heterocycles. The molecular weight excluding hydrogens is 463 g/mol. The zero-order valence-corrected chi connectivity index (χ0v) is 17.1. The van der Waals surface area contributed by atoms with Crippen LogP contribution in [-0.4, -0.2) is 41.7 Å². The van der Waals surface area contributed by atoms with Crippen LogP contribution in [0.15, 0.2) is 22.2 Å². The molecule has 6 nitrogen and oxygen atoms in total. The Morgan fingerprint density at radius 1 is 1.48 bits per heavy atom. The average Bonchev–Trinajstić information content (AvgIpc) is 2.83. The van der Waals surface area contributed by atoms with Crippen LogP contribution in [0.5, 0.6) is 0 Å². The summed E-state index contributed by atoms with van der Waals surface area (Å²) >= 11 is 3.17. The number of pyridine rings is 1. The predicted molar refractivity (Wildman–Crippen MR) is 89.9 cm³/mol. The number of anilines is 1. The predicted octanol–water partition coefficient (Wildman–Crippen LogP) is 2.81. The van der Waals surface area contributed by atoms with E-state index < -0.39 is 19.8 Å². The molecule has 0 unspecified atom stereocenters. The minimum absolute atomic E-state index is 0.0504. The van der Waals surface area contributed by atoms with E-state index in [2.05, 4.69) is 35.8 Å². The number of rotatable bonds is 5. The molecule has 9 heteroatoms. The van der Waals surface area contributed by atoms with Gasteiger partial charge in [0.25, 0.3) is 0 Å². The summed E-state index contributed by atoms with van der Waals surface area (Å²) in [6, 6.07) is 3.37. The maximum atomic E-state index is 11.2. The molecule has 2 rings (SSSR count). The Morgan fingerprint density at radius 2 is 2.19 bits per heavy atom. The number of nitro groups is 1. The van der Waals surface area contributed by atoms with Gasteiger partial charge in [0.1, 0.15) is 0 Å². The van der Waals surface area contributed by atoms with Gasteiger partial charge in [0.15, 0.2) is 0 Å². The molecule has 2 aromatic rings. The number of nitrogens with zero attached hydrogens (tertiary/aromatic N) is 4. The van der Waals surface area contributed by atoms with Gasteiger partial charge in [-0.25, -0.2) is 0 Å². The van der Waals surface area contributed by atoms with Crippen molar-refractivity contribution in [2.75, 3.05) is 11.9 Å². The molecule has 0 spiro atoms. The van der Waals surface area contributed by atoms with Crippen molar-refractivity contribution in [3.8, 4) is 0 Å². The second kappa shape index (κ2) is 7.01. The van der Waals surface area contributed by atoms with Gasteiger partial charge >= 0.3 is 143 Å². The Kier molecular flexibility index (Phi) is 5.55. The third-order valence-electron chi connectivity index (χ3n) is 2.84. The summed E-state index contributed by atoms with van der Waals surface area (Å²) in [4.78, 5) is 26.8. The Morgan fingerprint density at radius 3 is 2.71 bits per heavy atom. The molecule has 0 aromatic carbocycles. The fraction of sp³-hybridized carbons (Fsp3) is 0.333. The van der Waals surface area contributed by atoms with Gasteiger partial charge in [-0.05, 0) is 0 Å². The first kappa shape index (κ1) is 16.6. The van der Waals surface area contributed by atoms with E-state index >= 15 is 0 Å². The van der Waals surface area contributed by atoms with Crippen LogP contribution < -0.4 is 8.61 Å². The molecule has 2 aromatic heterocycles. The number of hydrogen-bond acceptors (Lipinski definition) is 6. The van der Waals surface area contributed by atoms with E-state index in [1.165, 1.54) is 11.3 Å². The summed E-state index contributed by atoms with van der Waals surface area (Å²) in [5, 5.41) is 11.2. The molecule has 0 aliphatic carbocycles. The summed E-state index contributed by atoms with van der Waals surface area (Å²) in [5.74, 6) is 0.434. The Balaban J connectivity index is 2.34. The Hall–Kier alpha value is -0.741. The van der Waals surface area contributed by atoms with Gasteiger partial charge in [-0.2, -0.15) is 0 Å². The number of hydrogen-bond donors (Lipinski definition) is 0. The van der Waals surface area contributed by atoms with E-state index in [1.54, 1.807) is 18.3 Å². The summed E-state index contributed by atoms with van der Waals surface area (Å²) in [6.07, 6.45) is 1.77. The SMILES string of the molecule is CN(Cc1cnc(Br)s1)c1n[c]([Sn]([CH3])[CH3])ccc1[N+](=O)[O-]. The summed E-state index contributed by atoms with van der Waals surface area (Å²) in [5.41, 5.74) is 0.0504. The molecule has 2 heterocycles. The minimum atomic E-state index is -1.66. The van der Waals surface area contributed by atoms with Gasteiger partial charge in [-0.1, -0.05) is 0 Å². The van der Waals surface area contributed by atoms with E-state index in [-0.39, 0.29) is 10.6 Å². The van der Waals surface area contributed by atoms with Crippen molar-refractivity contribution in [2.24, 2.45) is 0 Å². The molecule has 111 valence electrons. The van der Waals surface area contributed by atoms with Crippen LogP contribution in [0.2, 0.25) is 9.88 Å². The van der Waals surface area contributed by atoms with Crippen molar-refractivity contribution >= 4 is 62.2 Å². The zero-order chi connectivity index (χ0) is 15.6. The quantitative estimate of drug-likeness (QED) is 0.377. The van der Waals surface area contributed by atoms with Crippen molar-refractivity contribution in [1.82, 2.24) is 9.97 Å². The third-order valence-corrected chi connectivity index (χ3v) is 8.02. The zero-order valence-electron chi connectivity index (χ0n) is 11.8. The third kappa shape index (κ3) is 4.13. The van der Waals surface area contributed by atoms with Gasteiger partial charge in [0.2, 0.25) is 0 Å². The van der Waals surface area contributed by atoms with Crippen LogP contribution in [-0.2, 0) is 6.54 Å². The van der Waals surface area contributed by atoms with Crippen molar-refractivity contribution in [3.05, 3.63) is 37.2 Å². The van der Waals surface area contributed by atoms with Crippen LogP contribution in [0.25, 0.3) is 0 Å². The fourth-order valence-electron chi connectivity index (χ4n) is 1.81. The molecule has 0 amide bonds. The van der Waals surface area contributed by atoms with Gasteiger partial charge in [-0.15, -0.1) is 0 Å². The van der Waals surface area contributed by atoms with Gasteiger partial charge in [0, 0.05) is 0 Å². The molecule has 0 bridgehead atoms. The standard InChI is InChI=1S/C10H8BrN4O2S.2CH3.Sn/c1-14(6-7-5-13-10(11)18-7)9-8(15(16)17)3-2-4-12-9;;;/h2-3,5H,6H2,1H3;2*1H3;. The van der Waals surface area contributed by atoms with E-state index in [0.717, 1.165) is 12.5 Å². The van der Waals surface area contributed by atoms with Crippen LogP contribution in [0, 0.1) is 10.1 Å². The van der Waals surface area contributed by atoms with Crippen LogP contribution >= 0.6 is 27.3 Å². The van der Waals surface area contributed by atoms with Crippen molar-refractivity contribution in [3.63, 3.8) is 0 Å². The molecule has 0 aliphatic rings. The van der Waals surface area contributed by atoms with E-state index in [1.807, 2.05) is 11.9 Å². The summed E-state index contributed by atoms with van der Waals surface area (Å²) in [6.45, 7) is 0.548. The van der Waals surface area contributed by atoms with Crippen LogP contribution in [0.1, 0.15) is 4.88 Å². The van der Waals surface area contributed by atoms with E-state index in [9.17, 15) is 10.1 Å². The molecule has 0 atom stereocenters. The van der Waals surface area contributed by atoms with E-state index in [4.69, 9.17) is 0 Å². The second-order valence-electron chi connectivity index (χ2n) is 4.73. The first-order valence-corrected chi connectivity index (χ1v) is 14.9. The first-order valence-electron chi connectivity index (χ1n) is 6.15. The fourth-order valence-corrected chi connectivity index (χ4v) is 5.35. The molecule has 0 fully saturated rings. The van der Waals surface area contributed by atoms with Gasteiger partial charge in [-0.3, -0.25) is 0 Å². The molecule has 0 saturated carbocycles. The molecule has 0 N–H and O–H groups in total. The molecule has 21 heavy (non-hydrogen) atoms. The molecular formula is C12H14BrN4O2SSn. The van der Waals surface area contributed by atoms with Crippen molar-refractivity contribution < 1.29 is 4.92 Å². The number of thiazole rings is 1. The van der Waals surface area contributed by atoms with Crippen molar-refractivity contribution in [2.45, 2.75) is 16.4 Å². The second-order valence-corrected chi connectivity index (χ2v) is 14.3. The van der Waals surface area contributed by atoms with E-state index in [0.29, 0.717) is 12.4 Å². The monoisotopic (exact) mass is 477 g/mol.